The molecule has 2 aromatic rings. The number of hydrogen-bond acceptors (Lipinski definition) is 2. The minimum Gasteiger partial charge on any atom is -0.340 e. The van der Waals surface area contributed by atoms with E-state index in [9.17, 15) is 9.59 Å². The van der Waals surface area contributed by atoms with Gasteiger partial charge in [0.1, 0.15) is 6.54 Å². The Bertz CT molecular complexity index is 726. The van der Waals surface area contributed by atoms with Gasteiger partial charge in [0, 0.05) is 26.2 Å². The Balaban J connectivity index is 2.16. The summed E-state index contributed by atoms with van der Waals surface area (Å²) < 4.78 is 0. The van der Waals surface area contributed by atoms with Crippen LogP contribution in [0.5, 0.6) is 0 Å². The van der Waals surface area contributed by atoms with E-state index >= 15 is 0 Å². The quantitative estimate of drug-likeness (QED) is 0.803. The zero-order chi connectivity index (χ0) is 18.4. The Morgan fingerprint density at radius 1 is 0.960 bits per heavy atom. The maximum absolute atomic E-state index is 12.6. The van der Waals surface area contributed by atoms with Crippen LogP contribution in [0.25, 0.3) is 0 Å². The predicted molar refractivity (Wildman–Crippen MR) is 101 cm³/mol. The molecule has 0 saturated heterocycles. The molecule has 0 N–H and O–H groups in total. The number of amides is 2. The van der Waals surface area contributed by atoms with Gasteiger partial charge in [0.25, 0.3) is 0 Å². The SMILES string of the molecule is CC(=O)N(CC(=O)N(C)Cc1ccccc1)c1ccccc1C(C)C. The Morgan fingerprint density at radius 3 is 2.16 bits per heavy atom. The van der Waals surface area contributed by atoms with Gasteiger partial charge < -0.3 is 9.80 Å². The lowest BCUT2D eigenvalue weighted by molar-refractivity contribution is -0.130. The zero-order valence-electron chi connectivity index (χ0n) is 15.4. The second-order valence-electron chi connectivity index (χ2n) is 6.55. The Morgan fingerprint density at radius 2 is 1.56 bits per heavy atom. The molecule has 2 aromatic carbocycles. The zero-order valence-corrected chi connectivity index (χ0v) is 15.4. The average Bonchev–Trinajstić information content (AvgIpc) is 2.60. The number of likely N-dealkylation sites (N-methyl/N-ethyl adjacent to an activating group) is 1. The predicted octanol–water partition coefficient (Wildman–Crippen LogP) is 3.82. The molecule has 0 aliphatic heterocycles. The van der Waals surface area contributed by atoms with Crippen LogP contribution in [0.1, 0.15) is 37.8 Å². The van der Waals surface area contributed by atoms with Gasteiger partial charge in [0.2, 0.25) is 11.8 Å². The largest absolute Gasteiger partial charge is 0.340 e. The Kier molecular flexibility index (Phi) is 6.34. The van der Waals surface area contributed by atoms with Crippen LogP contribution in [-0.2, 0) is 16.1 Å². The van der Waals surface area contributed by atoms with Gasteiger partial charge in [0.05, 0.1) is 0 Å². The highest BCUT2D eigenvalue weighted by Crippen LogP contribution is 2.27. The fourth-order valence-corrected chi connectivity index (χ4v) is 2.79. The number of anilines is 1. The Hall–Kier alpha value is -2.62. The third kappa shape index (κ3) is 4.92. The van der Waals surface area contributed by atoms with Crippen molar-refractivity contribution in [2.24, 2.45) is 0 Å². The second-order valence-corrected chi connectivity index (χ2v) is 6.55. The number of carbonyl (C=O) groups excluding carboxylic acids is 2. The van der Waals surface area contributed by atoms with Crippen LogP contribution in [0.4, 0.5) is 5.69 Å². The van der Waals surface area contributed by atoms with Crippen molar-refractivity contribution in [1.82, 2.24) is 4.90 Å². The summed E-state index contributed by atoms with van der Waals surface area (Å²) in [5.74, 6) is 0.0578. The monoisotopic (exact) mass is 338 g/mol. The molecule has 4 nitrogen and oxygen atoms in total. The molecule has 0 saturated carbocycles. The van der Waals surface area contributed by atoms with E-state index in [1.165, 1.54) is 6.92 Å². The highest BCUT2D eigenvalue weighted by molar-refractivity contribution is 5.98. The van der Waals surface area contributed by atoms with Crippen LogP contribution in [0, 0.1) is 0 Å². The van der Waals surface area contributed by atoms with E-state index in [2.05, 4.69) is 13.8 Å². The normalized spacial score (nSPS) is 10.6. The number of rotatable bonds is 6. The molecule has 0 heterocycles. The molecule has 0 bridgehead atoms. The van der Waals surface area contributed by atoms with E-state index in [-0.39, 0.29) is 24.3 Å². The molecule has 0 fully saturated rings. The molecule has 0 radical (unpaired) electrons. The number of hydrogen-bond donors (Lipinski definition) is 0. The first-order valence-electron chi connectivity index (χ1n) is 8.55. The van der Waals surface area contributed by atoms with Crippen molar-refractivity contribution in [3.63, 3.8) is 0 Å². The lowest BCUT2D eigenvalue weighted by Crippen LogP contribution is -2.41. The summed E-state index contributed by atoms with van der Waals surface area (Å²) >= 11 is 0. The van der Waals surface area contributed by atoms with E-state index in [0.717, 1.165) is 16.8 Å². The van der Waals surface area contributed by atoms with E-state index in [1.807, 2.05) is 54.6 Å². The van der Waals surface area contributed by atoms with Crippen LogP contribution >= 0.6 is 0 Å². The smallest absolute Gasteiger partial charge is 0.242 e. The number of para-hydroxylation sites is 1. The van der Waals surface area contributed by atoms with Gasteiger partial charge in [-0.25, -0.2) is 0 Å². The van der Waals surface area contributed by atoms with E-state index in [1.54, 1.807) is 16.8 Å². The molecular formula is C21H26N2O2. The van der Waals surface area contributed by atoms with Gasteiger partial charge in [0.15, 0.2) is 0 Å². The highest BCUT2D eigenvalue weighted by atomic mass is 16.2. The first-order valence-corrected chi connectivity index (χ1v) is 8.55. The third-order valence-electron chi connectivity index (χ3n) is 4.21. The molecule has 132 valence electrons. The van der Waals surface area contributed by atoms with Crippen molar-refractivity contribution in [1.29, 1.82) is 0 Å². The lowest BCUT2D eigenvalue weighted by Gasteiger charge is -2.27. The second kappa shape index (κ2) is 8.47. The third-order valence-corrected chi connectivity index (χ3v) is 4.21. The molecule has 0 aliphatic carbocycles. The van der Waals surface area contributed by atoms with Gasteiger partial charge in [-0.1, -0.05) is 62.4 Å². The summed E-state index contributed by atoms with van der Waals surface area (Å²) in [6, 6.07) is 17.6. The highest BCUT2D eigenvalue weighted by Gasteiger charge is 2.21. The van der Waals surface area contributed by atoms with E-state index in [4.69, 9.17) is 0 Å². The summed E-state index contributed by atoms with van der Waals surface area (Å²) in [6.07, 6.45) is 0. The molecule has 25 heavy (non-hydrogen) atoms. The minimum atomic E-state index is -0.130. The lowest BCUT2D eigenvalue weighted by atomic mass is 10.0. The van der Waals surface area contributed by atoms with Crippen LogP contribution in [-0.4, -0.2) is 30.3 Å². The van der Waals surface area contributed by atoms with Crippen LogP contribution < -0.4 is 4.90 Å². The van der Waals surface area contributed by atoms with Gasteiger partial charge >= 0.3 is 0 Å². The maximum atomic E-state index is 12.6. The number of nitrogens with zero attached hydrogens (tertiary/aromatic N) is 2. The van der Waals surface area contributed by atoms with Crippen molar-refractivity contribution >= 4 is 17.5 Å². The van der Waals surface area contributed by atoms with E-state index in [0.29, 0.717) is 6.54 Å². The molecule has 0 atom stereocenters. The first-order chi connectivity index (χ1) is 11.9. The van der Waals surface area contributed by atoms with Crippen molar-refractivity contribution in [2.45, 2.75) is 33.2 Å². The summed E-state index contributed by atoms with van der Waals surface area (Å²) in [4.78, 5) is 28.1. The molecular weight excluding hydrogens is 312 g/mol. The summed E-state index contributed by atoms with van der Waals surface area (Å²) in [6.45, 7) is 6.24. The molecule has 2 amide bonds. The topological polar surface area (TPSA) is 40.6 Å². The van der Waals surface area contributed by atoms with Crippen molar-refractivity contribution in [3.05, 3.63) is 65.7 Å². The van der Waals surface area contributed by atoms with E-state index < -0.39 is 0 Å². The van der Waals surface area contributed by atoms with Crippen LogP contribution in [0.3, 0.4) is 0 Å². The van der Waals surface area contributed by atoms with Gasteiger partial charge in [-0.2, -0.15) is 0 Å². The standard InChI is InChI=1S/C21H26N2O2/c1-16(2)19-12-8-9-13-20(19)23(17(3)24)15-21(25)22(4)14-18-10-6-5-7-11-18/h5-13,16H,14-15H2,1-4H3. The van der Waals surface area contributed by atoms with Gasteiger partial charge in [-0.05, 0) is 23.1 Å². The fraction of sp³-hybridized carbons (Fsp3) is 0.333. The number of carbonyl (C=O) groups is 2. The van der Waals surface area contributed by atoms with Gasteiger partial charge in [-0.3, -0.25) is 9.59 Å². The van der Waals surface area contributed by atoms with Crippen molar-refractivity contribution < 1.29 is 9.59 Å². The summed E-state index contributed by atoms with van der Waals surface area (Å²) in [7, 11) is 1.77. The molecule has 0 unspecified atom stereocenters. The molecule has 0 aromatic heterocycles. The van der Waals surface area contributed by atoms with Gasteiger partial charge in [-0.15, -0.1) is 0 Å². The van der Waals surface area contributed by atoms with Crippen LogP contribution in [0.15, 0.2) is 54.6 Å². The minimum absolute atomic E-state index is 0.0440. The number of benzene rings is 2. The average molecular weight is 338 g/mol. The first kappa shape index (κ1) is 18.7. The summed E-state index contributed by atoms with van der Waals surface area (Å²) in [5.41, 5.74) is 2.94. The van der Waals surface area contributed by atoms with Crippen molar-refractivity contribution in [2.75, 3.05) is 18.5 Å². The molecule has 0 spiro atoms. The van der Waals surface area contributed by atoms with Crippen LogP contribution in [0.2, 0.25) is 0 Å². The summed E-state index contributed by atoms with van der Waals surface area (Å²) in [5, 5.41) is 0. The fourth-order valence-electron chi connectivity index (χ4n) is 2.79. The maximum Gasteiger partial charge on any atom is 0.242 e. The molecule has 4 heteroatoms. The van der Waals surface area contributed by atoms with Crippen molar-refractivity contribution in [3.8, 4) is 0 Å². The molecule has 0 aliphatic rings. The Labute approximate surface area is 150 Å². The molecule has 2 rings (SSSR count).